The van der Waals surface area contributed by atoms with Crippen LogP contribution in [0.2, 0.25) is 0 Å². The summed E-state index contributed by atoms with van der Waals surface area (Å²) in [6.45, 7) is 3.73. The zero-order valence-corrected chi connectivity index (χ0v) is 13.4. The minimum Gasteiger partial charge on any atom is -0.381 e. The molecule has 0 bridgehead atoms. The Kier molecular flexibility index (Phi) is 4.37. The van der Waals surface area contributed by atoms with Gasteiger partial charge in [0.05, 0.1) is 4.70 Å². The van der Waals surface area contributed by atoms with Gasteiger partial charge in [0.15, 0.2) is 10.8 Å². The van der Waals surface area contributed by atoms with Crippen molar-refractivity contribution < 1.29 is 4.74 Å². The summed E-state index contributed by atoms with van der Waals surface area (Å²) in [6, 6.07) is 4.02. The zero-order valence-electron chi connectivity index (χ0n) is 12.6. The van der Waals surface area contributed by atoms with Gasteiger partial charge in [0, 0.05) is 37.9 Å². The first kappa shape index (κ1) is 14.7. The number of thiazole rings is 1. The lowest BCUT2D eigenvalue weighted by molar-refractivity contribution is 0.00906. The van der Waals surface area contributed by atoms with Crippen molar-refractivity contribution in [3.63, 3.8) is 0 Å². The number of hydrogen-bond donors (Lipinski definition) is 1. The van der Waals surface area contributed by atoms with Crippen molar-refractivity contribution in [1.82, 2.24) is 14.9 Å². The van der Waals surface area contributed by atoms with Crippen molar-refractivity contribution >= 4 is 26.8 Å². The Balaban J connectivity index is 1.70. The SMILES string of the molecule is CN(C)CC1(CNc2nc3ncccc3s2)CCOCC1. The van der Waals surface area contributed by atoms with Gasteiger partial charge in [-0.15, -0.1) is 0 Å². The number of rotatable bonds is 5. The van der Waals surface area contributed by atoms with Gasteiger partial charge in [-0.1, -0.05) is 11.3 Å². The van der Waals surface area contributed by atoms with Gasteiger partial charge in [-0.3, -0.25) is 0 Å². The van der Waals surface area contributed by atoms with Crippen molar-refractivity contribution in [3.05, 3.63) is 18.3 Å². The van der Waals surface area contributed by atoms with Crippen LogP contribution in [0.3, 0.4) is 0 Å². The van der Waals surface area contributed by atoms with Gasteiger partial charge in [0.1, 0.15) is 0 Å². The molecule has 6 heteroatoms. The predicted octanol–water partition coefficient (Wildman–Crippen LogP) is 2.46. The molecular weight excluding hydrogens is 284 g/mol. The molecule has 0 saturated carbocycles. The molecule has 2 aromatic heterocycles. The van der Waals surface area contributed by atoms with Crippen LogP contribution < -0.4 is 5.32 Å². The highest BCUT2D eigenvalue weighted by atomic mass is 32.1. The number of fused-ring (bicyclic) bond motifs is 1. The van der Waals surface area contributed by atoms with Crippen molar-refractivity contribution in [3.8, 4) is 0 Å². The normalized spacial score (nSPS) is 18.2. The molecule has 21 heavy (non-hydrogen) atoms. The smallest absolute Gasteiger partial charge is 0.185 e. The van der Waals surface area contributed by atoms with Crippen LogP contribution in [0.5, 0.6) is 0 Å². The van der Waals surface area contributed by atoms with Crippen molar-refractivity contribution in [2.75, 3.05) is 45.7 Å². The van der Waals surface area contributed by atoms with E-state index >= 15 is 0 Å². The van der Waals surface area contributed by atoms with Crippen LogP contribution in [0, 0.1) is 5.41 Å². The monoisotopic (exact) mass is 306 g/mol. The van der Waals surface area contributed by atoms with Crippen LogP contribution in [-0.4, -0.2) is 55.3 Å². The minimum atomic E-state index is 0.271. The Hall–Kier alpha value is -1.24. The number of aromatic nitrogens is 2. The van der Waals surface area contributed by atoms with Gasteiger partial charge in [-0.05, 0) is 39.1 Å². The van der Waals surface area contributed by atoms with E-state index in [1.165, 1.54) is 0 Å². The fourth-order valence-electron chi connectivity index (χ4n) is 2.97. The van der Waals surface area contributed by atoms with Gasteiger partial charge in [-0.25, -0.2) is 9.97 Å². The van der Waals surface area contributed by atoms with E-state index in [2.05, 4.69) is 40.3 Å². The predicted molar refractivity (Wildman–Crippen MR) is 86.9 cm³/mol. The highest BCUT2D eigenvalue weighted by molar-refractivity contribution is 7.22. The summed E-state index contributed by atoms with van der Waals surface area (Å²) in [7, 11) is 4.28. The first-order valence-electron chi connectivity index (χ1n) is 7.35. The molecule has 2 aromatic rings. The zero-order chi connectivity index (χ0) is 14.7. The first-order chi connectivity index (χ1) is 10.2. The first-order valence-corrected chi connectivity index (χ1v) is 8.16. The van der Waals surface area contributed by atoms with E-state index in [1.807, 2.05) is 6.07 Å². The third-order valence-electron chi connectivity index (χ3n) is 3.98. The number of hydrogen-bond acceptors (Lipinski definition) is 6. The Morgan fingerprint density at radius 3 is 2.90 bits per heavy atom. The van der Waals surface area contributed by atoms with Crippen molar-refractivity contribution in [2.45, 2.75) is 12.8 Å². The lowest BCUT2D eigenvalue weighted by atomic mass is 9.79. The lowest BCUT2D eigenvalue weighted by Gasteiger charge is -2.39. The maximum atomic E-state index is 5.54. The summed E-state index contributed by atoms with van der Waals surface area (Å²) in [4.78, 5) is 11.1. The van der Waals surface area contributed by atoms with Gasteiger partial charge in [-0.2, -0.15) is 0 Å². The second-order valence-electron chi connectivity index (χ2n) is 6.05. The van der Waals surface area contributed by atoms with Crippen LogP contribution in [0.1, 0.15) is 12.8 Å². The number of ether oxygens (including phenoxy) is 1. The fraction of sp³-hybridized carbons (Fsp3) is 0.600. The van der Waals surface area contributed by atoms with E-state index in [-0.39, 0.29) is 5.41 Å². The van der Waals surface area contributed by atoms with E-state index in [4.69, 9.17) is 4.74 Å². The second kappa shape index (κ2) is 6.25. The molecule has 0 radical (unpaired) electrons. The summed E-state index contributed by atoms with van der Waals surface area (Å²) >= 11 is 1.67. The van der Waals surface area contributed by atoms with E-state index in [0.29, 0.717) is 0 Å². The molecule has 1 fully saturated rings. The van der Waals surface area contributed by atoms with E-state index in [0.717, 1.165) is 54.6 Å². The number of pyridine rings is 1. The largest absolute Gasteiger partial charge is 0.381 e. The lowest BCUT2D eigenvalue weighted by Crippen LogP contribution is -2.43. The molecule has 3 heterocycles. The molecule has 0 aliphatic carbocycles. The number of nitrogens with one attached hydrogen (secondary N) is 1. The van der Waals surface area contributed by atoms with Crippen molar-refractivity contribution in [2.24, 2.45) is 5.41 Å². The molecule has 0 atom stereocenters. The molecule has 114 valence electrons. The van der Waals surface area contributed by atoms with Gasteiger partial charge < -0.3 is 15.0 Å². The molecule has 3 rings (SSSR count). The van der Waals surface area contributed by atoms with Crippen LogP contribution in [0.4, 0.5) is 5.13 Å². The van der Waals surface area contributed by atoms with E-state index < -0.39 is 0 Å². The Morgan fingerprint density at radius 1 is 1.38 bits per heavy atom. The number of anilines is 1. The molecule has 0 spiro atoms. The number of nitrogens with zero attached hydrogens (tertiary/aromatic N) is 3. The summed E-state index contributed by atoms with van der Waals surface area (Å²) in [5, 5.41) is 4.50. The van der Waals surface area contributed by atoms with Crippen LogP contribution in [-0.2, 0) is 4.74 Å². The summed E-state index contributed by atoms with van der Waals surface area (Å²) in [5.41, 5.74) is 1.10. The third kappa shape index (κ3) is 3.51. The molecule has 1 aliphatic heterocycles. The second-order valence-corrected chi connectivity index (χ2v) is 7.08. The van der Waals surface area contributed by atoms with Crippen LogP contribution in [0.15, 0.2) is 18.3 Å². The van der Waals surface area contributed by atoms with Gasteiger partial charge >= 0.3 is 0 Å². The highest BCUT2D eigenvalue weighted by Crippen LogP contribution is 2.32. The molecule has 0 amide bonds. The molecule has 1 saturated heterocycles. The molecule has 0 unspecified atom stereocenters. The third-order valence-corrected chi connectivity index (χ3v) is 4.95. The standard InChI is InChI=1S/C15H22N4OS/c1-19(2)11-15(5-8-20-9-6-15)10-17-14-18-13-12(21-14)4-3-7-16-13/h3-4,7H,5-6,8-11H2,1-2H3,(H,16,17,18). The molecule has 5 nitrogen and oxygen atoms in total. The molecule has 1 aliphatic rings. The quantitative estimate of drug-likeness (QED) is 0.919. The minimum absolute atomic E-state index is 0.271. The van der Waals surface area contributed by atoms with Crippen molar-refractivity contribution in [1.29, 1.82) is 0 Å². The summed E-state index contributed by atoms with van der Waals surface area (Å²) in [5.74, 6) is 0. The average molecular weight is 306 g/mol. The molecular formula is C15H22N4OS. The van der Waals surface area contributed by atoms with Crippen LogP contribution >= 0.6 is 11.3 Å². The summed E-state index contributed by atoms with van der Waals surface area (Å²) < 4.78 is 6.67. The van der Waals surface area contributed by atoms with E-state index in [1.54, 1.807) is 17.5 Å². The Labute approximate surface area is 129 Å². The van der Waals surface area contributed by atoms with Crippen LogP contribution in [0.25, 0.3) is 10.3 Å². The Morgan fingerprint density at radius 2 is 2.19 bits per heavy atom. The fourth-order valence-corrected chi connectivity index (χ4v) is 3.79. The Bertz CT molecular complexity index is 559. The highest BCUT2D eigenvalue weighted by Gasteiger charge is 2.33. The molecule has 1 N–H and O–H groups in total. The average Bonchev–Trinajstić information content (AvgIpc) is 2.88. The maximum Gasteiger partial charge on any atom is 0.185 e. The van der Waals surface area contributed by atoms with E-state index in [9.17, 15) is 0 Å². The van der Waals surface area contributed by atoms with Gasteiger partial charge in [0.2, 0.25) is 0 Å². The molecule has 0 aromatic carbocycles. The topological polar surface area (TPSA) is 50.3 Å². The summed E-state index contributed by atoms with van der Waals surface area (Å²) in [6.07, 6.45) is 3.99. The maximum absolute atomic E-state index is 5.54. The van der Waals surface area contributed by atoms with Gasteiger partial charge in [0.25, 0.3) is 0 Å².